The van der Waals surface area contributed by atoms with Gasteiger partial charge in [0, 0.05) is 19.1 Å². The predicted molar refractivity (Wildman–Crippen MR) is 69.3 cm³/mol. The van der Waals surface area contributed by atoms with Gasteiger partial charge in [-0.25, -0.2) is 0 Å². The molecule has 122 valence electrons. The fourth-order valence-electron chi connectivity index (χ4n) is 2.51. The molecule has 2 rings (SSSR count). The number of aliphatic carboxylic acids is 1. The first-order valence-corrected chi connectivity index (χ1v) is 6.79. The lowest BCUT2D eigenvalue weighted by molar-refractivity contribution is -0.145. The molecule has 0 radical (unpaired) electrons. The highest BCUT2D eigenvalue weighted by Crippen LogP contribution is 2.34. The number of carbonyl (C=O) groups excluding carboxylic acids is 1. The lowest BCUT2D eigenvalue weighted by Gasteiger charge is -2.18. The van der Waals surface area contributed by atoms with Gasteiger partial charge in [0.2, 0.25) is 0 Å². The van der Waals surface area contributed by atoms with Crippen molar-refractivity contribution >= 4 is 11.9 Å². The minimum atomic E-state index is -4.71. The van der Waals surface area contributed by atoms with E-state index in [1.165, 1.54) is 13.8 Å². The van der Waals surface area contributed by atoms with Crippen LogP contribution in [0.4, 0.5) is 13.2 Å². The molecule has 1 aliphatic heterocycles. The van der Waals surface area contributed by atoms with Crippen molar-refractivity contribution in [2.75, 3.05) is 13.1 Å². The van der Waals surface area contributed by atoms with Crippen molar-refractivity contribution in [1.29, 1.82) is 0 Å². The molecule has 1 fully saturated rings. The van der Waals surface area contributed by atoms with Gasteiger partial charge >= 0.3 is 12.1 Å². The van der Waals surface area contributed by atoms with Crippen LogP contribution in [0.1, 0.15) is 42.4 Å². The summed E-state index contributed by atoms with van der Waals surface area (Å²) in [6, 6.07) is -0.552. The molecular formula is C13H16F3N3O3. The van der Waals surface area contributed by atoms with E-state index in [4.69, 9.17) is 5.11 Å². The molecule has 1 N–H and O–H groups in total. The second-order valence-electron chi connectivity index (χ2n) is 5.52. The summed E-state index contributed by atoms with van der Waals surface area (Å²) in [6.07, 6.45) is -3.57. The minimum Gasteiger partial charge on any atom is -0.481 e. The van der Waals surface area contributed by atoms with Crippen molar-refractivity contribution in [3.05, 3.63) is 17.5 Å². The van der Waals surface area contributed by atoms with Crippen LogP contribution in [0.2, 0.25) is 0 Å². The molecule has 0 bridgehead atoms. The summed E-state index contributed by atoms with van der Waals surface area (Å²) in [7, 11) is 0. The number of hydrogen-bond donors (Lipinski definition) is 1. The van der Waals surface area contributed by atoms with Gasteiger partial charge in [0.15, 0.2) is 5.69 Å². The number of carboxylic acids is 1. The highest BCUT2D eigenvalue weighted by molar-refractivity contribution is 5.96. The van der Waals surface area contributed by atoms with E-state index < -0.39 is 41.3 Å². The molecule has 6 nitrogen and oxygen atoms in total. The summed E-state index contributed by atoms with van der Waals surface area (Å²) in [5.74, 6) is -2.62. The van der Waals surface area contributed by atoms with Gasteiger partial charge in [-0.05, 0) is 20.3 Å². The maximum atomic E-state index is 13.2. The molecule has 1 amide bonds. The molecule has 1 aromatic heterocycles. The maximum Gasteiger partial charge on any atom is 0.433 e. The molecule has 22 heavy (non-hydrogen) atoms. The highest BCUT2D eigenvalue weighted by atomic mass is 19.4. The van der Waals surface area contributed by atoms with E-state index in [2.05, 4.69) is 5.10 Å². The predicted octanol–water partition coefficient (Wildman–Crippen LogP) is 2.03. The number of carbonyl (C=O) groups is 2. The van der Waals surface area contributed by atoms with E-state index in [1.54, 1.807) is 0 Å². The van der Waals surface area contributed by atoms with Crippen LogP contribution >= 0.6 is 0 Å². The fraction of sp³-hybridized carbons (Fsp3) is 0.615. The van der Waals surface area contributed by atoms with Crippen LogP contribution in [0, 0.1) is 5.92 Å². The van der Waals surface area contributed by atoms with Crippen molar-refractivity contribution in [1.82, 2.24) is 14.7 Å². The molecule has 0 unspecified atom stereocenters. The molecule has 0 aromatic carbocycles. The summed E-state index contributed by atoms with van der Waals surface area (Å²) >= 11 is 0. The van der Waals surface area contributed by atoms with Crippen molar-refractivity contribution in [2.45, 2.75) is 32.5 Å². The Morgan fingerprint density at radius 2 is 2.05 bits per heavy atom. The van der Waals surface area contributed by atoms with E-state index in [0.29, 0.717) is 0 Å². The first-order valence-electron chi connectivity index (χ1n) is 6.79. The number of aromatic nitrogens is 2. The van der Waals surface area contributed by atoms with Crippen molar-refractivity contribution < 1.29 is 27.9 Å². The van der Waals surface area contributed by atoms with E-state index >= 15 is 0 Å². The van der Waals surface area contributed by atoms with Gasteiger partial charge in [-0.1, -0.05) is 0 Å². The zero-order valence-corrected chi connectivity index (χ0v) is 12.1. The summed E-state index contributed by atoms with van der Waals surface area (Å²) in [5.41, 5.74) is -1.63. The Kier molecular flexibility index (Phi) is 4.17. The van der Waals surface area contributed by atoms with Crippen LogP contribution in [0.15, 0.2) is 6.20 Å². The van der Waals surface area contributed by atoms with Gasteiger partial charge in [-0.3, -0.25) is 14.3 Å². The summed E-state index contributed by atoms with van der Waals surface area (Å²) in [4.78, 5) is 24.3. The van der Waals surface area contributed by atoms with E-state index in [1.807, 2.05) is 0 Å². The molecule has 9 heteroatoms. The number of alkyl halides is 3. The van der Waals surface area contributed by atoms with Crippen LogP contribution in [0.25, 0.3) is 0 Å². The number of nitrogens with zero attached hydrogens (tertiary/aromatic N) is 3. The zero-order chi connectivity index (χ0) is 16.7. The SMILES string of the molecule is CC(C)n1ncc(C(=O)N2CC[C@@H](C(=O)O)C2)c1C(F)(F)F. The summed E-state index contributed by atoms with van der Waals surface area (Å²) in [5, 5.41) is 12.6. The number of rotatable bonds is 3. The van der Waals surface area contributed by atoms with Crippen LogP contribution < -0.4 is 0 Å². The van der Waals surface area contributed by atoms with Crippen LogP contribution in [-0.2, 0) is 11.0 Å². The monoisotopic (exact) mass is 319 g/mol. The zero-order valence-electron chi connectivity index (χ0n) is 12.1. The van der Waals surface area contributed by atoms with Gasteiger partial charge in [-0.15, -0.1) is 0 Å². The minimum absolute atomic E-state index is 0.0850. The van der Waals surface area contributed by atoms with E-state index in [0.717, 1.165) is 15.8 Å². The molecule has 2 heterocycles. The molecule has 1 aromatic rings. The average molecular weight is 319 g/mol. The van der Waals surface area contributed by atoms with Crippen LogP contribution in [-0.4, -0.2) is 44.8 Å². The molecule has 0 aliphatic carbocycles. The molecule has 1 saturated heterocycles. The highest BCUT2D eigenvalue weighted by Gasteiger charge is 2.42. The van der Waals surface area contributed by atoms with E-state index in [9.17, 15) is 22.8 Å². The van der Waals surface area contributed by atoms with Gasteiger partial charge in [-0.2, -0.15) is 18.3 Å². The third kappa shape index (κ3) is 2.93. The summed E-state index contributed by atoms with van der Waals surface area (Å²) < 4.78 is 40.4. The standard InChI is InChI=1S/C13H16F3N3O3/c1-7(2)19-10(13(14,15)16)9(5-17-19)11(20)18-4-3-8(6-18)12(21)22/h5,7-8H,3-4,6H2,1-2H3,(H,21,22)/t8-/m1/s1. The molecular weight excluding hydrogens is 303 g/mol. The molecule has 0 spiro atoms. The molecule has 1 aliphatic rings. The number of amides is 1. The number of hydrogen-bond acceptors (Lipinski definition) is 3. The fourth-order valence-corrected chi connectivity index (χ4v) is 2.51. The third-order valence-electron chi connectivity index (χ3n) is 3.61. The second kappa shape index (κ2) is 5.62. The van der Waals surface area contributed by atoms with Crippen molar-refractivity contribution in [2.24, 2.45) is 5.92 Å². The van der Waals surface area contributed by atoms with Crippen molar-refractivity contribution in [3.63, 3.8) is 0 Å². The Balaban J connectivity index is 2.33. The largest absolute Gasteiger partial charge is 0.481 e. The van der Waals surface area contributed by atoms with Crippen LogP contribution in [0.5, 0.6) is 0 Å². The lowest BCUT2D eigenvalue weighted by Crippen LogP contribution is -2.31. The molecule has 1 atom stereocenters. The second-order valence-corrected chi connectivity index (χ2v) is 5.52. The Morgan fingerprint density at radius 3 is 2.50 bits per heavy atom. The summed E-state index contributed by atoms with van der Waals surface area (Å²) in [6.45, 7) is 3.11. The normalized spacial score (nSPS) is 19.0. The molecule has 0 saturated carbocycles. The number of likely N-dealkylation sites (tertiary alicyclic amines) is 1. The van der Waals surface area contributed by atoms with Gasteiger partial charge in [0.05, 0.1) is 17.7 Å². The lowest BCUT2D eigenvalue weighted by atomic mass is 10.1. The first kappa shape index (κ1) is 16.3. The van der Waals surface area contributed by atoms with Gasteiger partial charge in [0.25, 0.3) is 5.91 Å². The average Bonchev–Trinajstić information content (AvgIpc) is 3.04. The van der Waals surface area contributed by atoms with Gasteiger partial charge in [0.1, 0.15) is 0 Å². The Hall–Kier alpha value is -2.06. The number of carboxylic acid groups (broad SMARTS) is 1. The quantitative estimate of drug-likeness (QED) is 0.925. The van der Waals surface area contributed by atoms with Crippen LogP contribution in [0.3, 0.4) is 0 Å². The third-order valence-corrected chi connectivity index (χ3v) is 3.61. The Labute approximate surface area is 124 Å². The maximum absolute atomic E-state index is 13.2. The Bertz CT molecular complexity index is 595. The van der Waals surface area contributed by atoms with E-state index in [-0.39, 0.29) is 19.5 Å². The van der Waals surface area contributed by atoms with Crippen molar-refractivity contribution in [3.8, 4) is 0 Å². The van der Waals surface area contributed by atoms with Gasteiger partial charge < -0.3 is 10.0 Å². The first-order chi connectivity index (χ1) is 10.1. The number of halogens is 3. The Morgan fingerprint density at radius 1 is 1.41 bits per heavy atom. The topological polar surface area (TPSA) is 75.4 Å². The smallest absolute Gasteiger partial charge is 0.433 e.